The summed E-state index contributed by atoms with van der Waals surface area (Å²) in [5.41, 5.74) is 1.67. The maximum atomic E-state index is 12.5. The maximum absolute atomic E-state index is 12.5. The van der Waals surface area contributed by atoms with Crippen LogP contribution in [-0.4, -0.2) is 22.8 Å². The van der Waals surface area contributed by atoms with E-state index in [1.165, 1.54) is 4.88 Å². The molecule has 1 unspecified atom stereocenters. The summed E-state index contributed by atoms with van der Waals surface area (Å²) in [7, 11) is 1.84. The van der Waals surface area contributed by atoms with Crippen molar-refractivity contribution in [2.24, 2.45) is 0 Å². The summed E-state index contributed by atoms with van der Waals surface area (Å²) < 4.78 is 5.70. The van der Waals surface area contributed by atoms with Crippen LogP contribution in [0.15, 0.2) is 38.8 Å². The van der Waals surface area contributed by atoms with Crippen LogP contribution in [0.2, 0.25) is 0 Å². The number of likely N-dealkylation sites (N-methyl/N-ethyl adjacent to an activating group) is 1. The second-order valence-corrected chi connectivity index (χ2v) is 7.17. The second kappa shape index (κ2) is 6.68. The number of amides is 1. The molecule has 0 saturated carbocycles. The fraction of sp³-hybridized carbons (Fsp3) is 0.294. The van der Waals surface area contributed by atoms with E-state index in [1.54, 1.807) is 27.6 Å². The Morgan fingerprint density at radius 1 is 1.39 bits per heavy atom. The number of hydrogen-bond donors (Lipinski definition) is 0. The first kappa shape index (κ1) is 16.0. The third kappa shape index (κ3) is 3.38. The topological polar surface area (TPSA) is 46.3 Å². The van der Waals surface area contributed by atoms with Crippen LogP contribution in [-0.2, 0) is 11.2 Å². The monoisotopic (exact) mass is 346 g/mol. The lowest BCUT2D eigenvalue weighted by molar-refractivity contribution is -0.131. The van der Waals surface area contributed by atoms with Crippen molar-refractivity contribution in [1.29, 1.82) is 0 Å². The van der Waals surface area contributed by atoms with E-state index < -0.39 is 0 Å². The number of hydrogen-bond acceptors (Lipinski definition) is 5. The number of carbonyl (C=O) groups excluding carboxylic acids is 1. The van der Waals surface area contributed by atoms with Crippen molar-refractivity contribution in [3.05, 3.63) is 50.7 Å². The van der Waals surface area contributed by atoms with Gasteiger partial charge < -0.3 is 9.32 Å². The number of aromatic nitrogens is 1. The number of carbonyl (C=O) groups is 1. The second-order valence-electron chi connectivity index (χ2n) is 5.41. The normalized spacial score (nSPS) is 12.3. The predicted octanol–water partition coefficient (Wildman–Crippen LogP) is 4.54. The maximum Gasteiger partial charge on any atom is 0.228 e. The van der Waals surface area contributed by atoms with Gasteiger partial charge in [0.1, 0.15) is 5.76 Å². The van der Waals surface area contributed by atoms with Crippen LogP contribution in [0.4, 0.5) is 0 Å². The summed E-state index contributed by atoms with van der Waals surface area (Å²) in [6, 6.07) is 6.08. The number of thiophene rings is 2. The molecule has 120 valence electrons. The molecule has 3 heterocycles. The van der Waals surface area contributed by atoms with E-state index in [2.05, 4.69) is 11.1 Å². The Labute approximate surface area is 143 Å². The highest BCUT2D eigenvalue weighted by atomic mass is 32.1. The Kier molecular flexibility index (Phi) is 4.63. The summed E-state index contributed by atoms with van der Waals surface area (Å²) in [5, 5.41) is 6.00. The molecule has 3 rings (SSSR count). The molecule has 0 fully saturated rings. The quantitative estimate of drug-likeness (QED) is 0.681. The molecule has 0 aliphatic rings. The molecule has 0 aliphatic carbocycles. The SMILES string of the molecule is Cc1oc(-c2ccsc2)nc1CC(=O)N(C)C(C)c1cccs1. The Morgan fingerprint density at radius 3 is 2.87 bits per heavy atom. The molecule has 0 aromatic carbocycles. The van der Waals surface area contributed by atoms with Gasteiger partial charge in [0.2, 0.25) is 11.8 Å². The van der Waals surface area contributed by atoms with Gasteiger partial charge in [-0.3, -0.25) is 4.79 Å². The van der Waals surface area contributed by atoms with E-state index in [0.717, 1.165) is 5.56 Å². The zero-order valence-corrected chi connectivity index (χ0v) is 14.9. The molecule has 0 radical (unpaired) electrons. The first-order valence-electron chi connectivity index (χ1n) is 7.34. The molecule has 0 saturated heterocycles. The number of aryl methyl sites for hydroxylation is 1. The van der Waals surface area contributed by atoms with Gasteiger partial charge in [0.25, 0.3) is 0 Å². The summed E-state index contributed by atoms with van der Waals surface area (Å²) in [6.45, 7) is 3.89. The number of oxazole rings is 1. The van der Waals surface area contributed by atoms with E-state index in [0.29, 0.717) is 17.3 Å². The highest BCUT2D eigenvalue weighted by molar-refractivity contribution is 7.10. The molecule has 1 amide bonds. The highest BCUT2D eigenvalue weighted by Gasteiger charge is 2.21. The first-order valence-corrected chi connectivity index (χ1v) is 9.16. The molecule has 23 heavy (non-hydrogen) atoms. The zero-order valence-electron chi connectivity index (χ0n) is 13.3. The van der Waals surface area contributed by atoms with E-state index in [1.807, 2.05) is 49.2 Å². The summed E-state index contributed by atoms with van der Waals surface area (Å²) in [6.07, 6.45) is 0.256. The molecule has 4 nitrogen and oxygen atoms in total. The van der Waals surface area contributed by atoms with Crippen molar-refractivity contribution in [2.45, 2.75) is 26.3 Å². The van der Waals surface area contributed by atoms with Gasteiger partial charge in [-0.1, -0.05) is 6.07 Å². The minimum Gasteiger partial charge on any atom is -0.441 e. The molecular weight excluding hydrogens is 328 g/mol. The lowest BCUT2D eigenvalue weighted by atomic mass is 10.2. The van der Waals surface area contributed by atoms with Crippen LogP contribution in [0.3, 0.4) is 0 Å². The third-order valence-corrected chi connectivity index (χ3v) is 5.63. The molecule has 0 spiro atoms. The van der Waals surface area contributed by atoms with E-state index in [9.17, 15) is 4.79 Å². The third-order valence-electron chi connectivity index (χ3n) is 3.91. The van der Waals surface area contributed by atoms with E-state index in [-0.39, 0.29) is 18.4 Å². The largest absolute Gasteiger partial charge is 0.441 e. The molecular formula is C17H18N2O2S2. The van der Waals surface area contributed by atoms with Gasteiger partial charge in [-0.05, 0) is 36.7 Å². The van der Waals surface area contributed by atoms with Gasteiger partial charge in [-0.25, -0.2) is 4.98 Å². The predicted molar refractivity (Wildman–Crippen MR) is 93.8 cm³/mol. The van der Waals surface area contributed by atoms with Gasteiger partial charge in [0.05, 0.1) is 18.2 Å². The Hall–Kier alpha value is -1.92. The van der Waals surface area contributed by atoms with E-state index >= 15 is 0 Å². The highest BCUT2D eigenvalue weighted by Crippen LogP contribution is 2.26. The van der Waals surface area contributed by atoms with Gasteiger partial charge in [-0.15, -0.1) is 11.3 Å². The number of nitrogens with zero attached hydrogens (tertiary/aromatic N) is 2. The molecule has 1 atom stereocenters. The molecule has 0 aliphatic heterocycles. The van der Waals surface area contributed by atoms with Crippen molar-refractivity contribution in [1.82, 2.24) is 9.88 Å². The van der Waals surface area contributed by atoms with E-state index in [4.69, 9.17) is 4.42 Å². The van der Waals surface area contributed by atoms with Crippen LogP contribution in [0.5, 0.6) is 0 Å². The first-order chi connectivity index (χ1) is 11.1. The Morgan fingerprint density at radius 2 is 2.22 bits per heavy atom. The molecule has 0 N–H and O–H groups in total. The Bertz CT molecular complexity index is 776. The fourth-order valence-electron chi connectivity index (χ4n) is 2.31. The van der Waals surface area contributed by atoms with Crippen molar-refractivity contribution in [3.8, 4) is 11.5 Å². The van der Waals surface area contributed by atoms with Crippen LogP contribution < -0.4 is 0 Å². The molecule has 0 bridgehead atoms. The zero-order chi connectivity index (χ0) is 16.4. The lowest BCUT2D eigenvalue weighted by Crippen LogP contribution is -2.30. The van der Waals surface area contributed by atoms with Crippen LogP contribution in [0.25, 0.3) is 11.5 Å². The summed E-state index contributed by atoms with van der Waals surface area (Å²) in [5.74, 6) is 1.33. The summed E-state index contributed by atoms with van der Waals surface area (Å²) in [4.78, 5) is 20.0. The minimum atomic E-state index is 0.0409. The minimum absolute atomic E-state index is 0.0409. The van der Waals surface area contributed by atoms with Gasteiger partial charge >= 0.3 is 0 Å². The smallest absolute Gasteiger partial charge is 0.228 e. The molecule has 3 aromatic rings. The molecule has 3 aromatic heterocycles. The average molecular weight is 346 g/mol. The molecule has 6 heteroatoms. The lowest BCUT2D eigenvalue weighted by Gasteiger charge is -2.23. The van der Waals surface area contributed by atoms with Crippen LogP contribution in [0, 0.1) is 6.92 Å². The van der Waals surface area contributed by atoms with Crippen molar-refractivity contribution in [2.75, 3.05) is 7.05 Å². The fourth-order valence-corrected chi connectivity index (χ4v) is 3.76. The standard InChI is InChI=1S/C17H18N2O2S2/c1-11(15-5-4-7-23-15)19(3)16(20)9-14-12(2)21-17(18-14)13-6-8-22-10-13/h4-8,10-11H,9H2,1-3H3. The average Bonchev–Trinajstić information content (AvgIpc) is 3.28. The van der Waals surface area contributed by atoms with Crippen molar-refractivity contribution in [3.63, 3.8) is 0 Å². The van der Waals surface area contributed by atoms with Gasteiger partial charge in [0, 0.05) is 22.9 Å². The summed E-state index contributed by atoms with van der Waals surface area (Å²) >= 11 is 3.26. The van der Waals surface area contributed by atoms with Crippen LogP contribution in [0.1, 0.15) is 29.3 Å². The number of rotatable bonds is 5. The van der Waals surface area contributed by atoms with Crippen molar-refractivity contribution < 1.29 is 9.21 Å². The van der Waals surface area contributed by atoms with Crippen molar-refractivity contribution >= 4 is 28.6 Å². The Balaban J connectivity index is 1.73. The van der Waals surface area contributed by atoms with Crippen LogP contribution >= 0.6 is 22.7 Å². The van der Waals surface area contributed by atoms with Gasteiger partial charge in [0.15, 0.2) is 0 Å². The van der Waals surface area contributed by atoms with Gasteiger partial charge in [-0.2, -0.15) is 11.3 Å².